The highest BCUT2D eigenvalue weighted by molar-refractivity contribution is 5.30. The molecular formula is C15H23N3O. The first-order valence-electron chi connectivity index (χ1n) is 6.29. The van der Waals surface area contributed by atoms with Gasteiger partial charge in [-0.3, -0.25) is 0 Å². The minimum Gasteiger partial charge on any atom is -0.384 e. The molecule has 1 rings (SSSR count). The largest absolute Gasteiger partial charge is 0.384 e. The summed E-state index contributed by atoms with van der Waals surface area (Å²) in [6.45, 7) is 11.1. The first-order chi connectivity index (χ1) is 9.17. The normalized spacial score (nSPS) is 20.4. The Hall–Kier alpha value is -1.83. The molecule has 0 heterocycles. The molecule has 0 aromatic carbocycles. The first kappa shape index (κ1) is 17.2. The second-order valence-electron chi connectivity index (χ2n) is 3.84. The van der Waals surface area contributed by atoms with Gasteiger partial charge in [-0.2, -0.15) is 5.26 Å². The molecule has 0 saturated heterocycles. The summed E-state index contributed by atoms with van der Waals surface area (Å²) in [5, 5.41) is 10.7. The van der Waals surface area contributed by atoms with Crippen LogP contribution in [0.5, 0.6) is 0 Å². The van der Waals surface area contributed by atoms with Crippen LogP contribution in [0, 0.1) is 11.3 Å². The molecule has 104 valence electrons. The zero-order valence-electron chi connectivity index (χ0n) is 11.6. The lowest BCUT2D eigenvalue weighted by atomic mass is 9.94. The molecule has 0 saturated carbocycles. The van der Waals surface area contributed by atoms with Crippen molar-refractivity contribution in [1.29, 1.82) is 5.26 Å². The van der Waals surface area contributed by atoms with Crippen LogP contribution in [-0.4, -0.2) is 25.3 Å². The Balaban J connectivity index is 0.000000711. The van der Waals surface area contributed by atoms with E-state index in [1.165, 1.54) is 6.08 Å². The number of hydrogen-bond donors (Lipinski definition) is 2. The average Bonchev–Trinajstić information content (AvgIpc) is 2.47. The standard InChI is InChI=1S/C12H20N2O.C3H3N/c1-3-12(15-4-2)7-5-11(6-8-12)14-10-9-13;1-2-3-4/h3,5-7,14H,1,4,8-10,13H2,2H3;2H,1H2. The molecule has 4 nitrogen and oxygen atoms in total. The second kappa shape index (κ2) is 10.1. The van der Waals surface area contributed by atoms with E-state index in [2.05, 4.69) is 24.6 Å². The van der Waals surface area contributed by atoms with Crippen molar-refractivity contribution >= 4 is 0 Å². The maximum atomic E-state index is 7.51. The fraction of sp³-hybridized carbons (Fsp3) is 0.400. The lowest BCUT2D eigenvalue weighted by Gasteiger charge is -2.28. The SMILES string of the molecule is C=CC#N.C=CC1(OCC)C=CC(NCCN)=CC1. The van der Waals surface area contributed by atoms with E-state index in [4.69, 9.17) is 15.7 Å². The summed E-state index contributed by atoms with van der Waals surface area (Å²) in [4.78, 5) is 0. The Morgan fingerprint density at radius 3 is 2.68 bits per heavy atom. The Bertz CT molecular complexity index is 379. The Kier molecular flexibility index (Phi) is 9.15. The number of nitrogens with zero attached hydrogens (tertiary/aromatic N) is 1. The first-order valence-corrected chi connectivity index (χ1v) is 6.29. The van der Waals surface area contributed by atoms with E-state index in [-0.39, 0.29) is 5.60 Å². The highest BCUT2D eigenvalue weighted by Crippen LogP contribution is 2.25. The van der Waals surface area contributed by atoms with E-state index < -0.39 is 0 Å². The molecule has 0 amide bonds. The van der Waals surface area contributed by atoms with Crippen LogP contribution in [0.3, 0.4) is 0 Å². The van der Waals surface area contributed by atoms with E-state index in [0.717, 1.165) is 18.7 Å². The zero-order chi connectivity index (χ0) is 14.6. The Morgan fingerprint density at radius 2 is 2.32 bits per heavy atom. The Labute approximate surface area is 115 Å². The smallest absolute Gasteiger partial charge is 0.108 e. The van der Waals surface area contributed by atoms with Gasteiger partial charge in [-0.25, -0.2) is 0 Å². The summed E-state index contributed by atoms with van der Waals surface area (Å²) in [7, 11) is 0. The highest BCUT2D eigenvalue weighted by atomic mass is 16.5. The Morgan fingerprint density at radius 1 is 1.63 bits per heavy atom. The maximum Gasteiger partial charge on any atom is 0.108 e. The molecule has 1 atom stereocenters. The molecule has 0 bridgehead atoms. The van der Waals surface area contributed by atoms with Crippen molar-refractivity contribution < 1.29 is 4.74 Å². The minimum absolute atomic E-state index is 0.317. The van der Waals surface area contributed by atoms with Gasteiger partial charge in [0.05, 0.1) is 6.07 Å². The highest BCUT2D eigenvalue weighted by Gasteiger charge is 2.24. The van der Waals surface area contributed by atoms with E-state index in [9.17, 15) is 0 Å². The third-order valence-electron chi connectivity index (χ3n) is 2.51. The van der Waals surface area contributed by atoms with Crippen molar-refractivity contribution in [3.05, 3.63) is 49.2 Å². The molecule has 0 radical (unpaired) electrons. The maximum absolute atomic E-state index is 7.51. The van der Waals surface area contributed by atoms with Gasteiger partial charge in [-0.15, -0.1) is 0 Å². The van der Waals surface area contributed by atoms with E-state index in [1.807, 2.05) is 25.2 Å². The summed E-state index contributed by atoms with van der Waals surface area (Å²) in [5.74, 6) is 0. The molecule has 0 fully saturated rings. The van der Waals surface area contributed by atoms with Crippen molar-refractivity contribution in [1.82, 2.24) is 5.32 Å². The summed E-state index contributed by atoms with van der Waals surface area (Å²) in [6.07, 6.45) is 10.0. The molecule has 4 heteroatoms. The van der Waals surface area contributed by atoms with E-state index >= 15 is 0 Å². The molecule has 1 aliphatic carbocycles. The van der Waals surface area contributed by atoms with Gasteiger partial charge in [0.25, 0.3) is 0 Å². The number of ether oxygens (including phenoxy) is 1. The lowest BCUT2D eigenvalue weighted by molar-refractivity contribution is 0.0379. The number of nitrogens with two attached hydrogens (primary N) is 1. The van der Waals surface area contributed by atoms with Crippen molar-refractivity contribution in [3.8, 4) is 6.07 Å². The van der Waals surface area contributed by atoms with Gasteiger partial charge in [0, 0.05) is 37.9 Å². The monoisotopic (exact) mass is 261 g/mol. The van der Waals surface area contributed by atoms with Crippen LogP contribution in [0.25, 0.3) is 0 Å². The molecule has 3 N–H and O–H groups in total. The number of nitrogens with one attached hydrogen (secondary N) is 1. The van der Waals surface area contributed by atoms with Gasteiger partial charge >= 0.3 is 0 Å². The lowest BCUT2D eigenvalue weighted by Crippen LogP contribution is -2.30. The van der Waals surface area contributed by atoms with Crippen LogP contribution in [-0.2, 0) is 4.74 Å². The number of allylic oxidation sites excluding steroid dienone is 2. The zero-order valence-corrected chi connectivity index (χ0v) is 11.6. The van der Waals surface area contributed by atoms with Crippen LogP contribution in [0.4, 0.5) is 0 Å². The molecule has 0 aromatic heterocycles. The van der Waals surface area contributed by atoms with Crippen LogP contribution < -0.4 is 11.1 Å². The fourth-order valence-electron chi connectivity index (χ4n) is 1.57. The molecule has 1 aliphatic rings. The quantitative estimate of drug-likeness (QED) is 0.567. The van der Waals surface area contributed by atoms with Crippen molar-refractivity contribution in [2.75, 3.05) is 19.7 Å². The van der Waals surface area contributed by atoms with Crippen LogP contribution in [0.15, 0.2) is 49.2 Å². The van der Waals surface area contributed by atoms with Crippen LogP contribution in [0.2, 0.25) is 0 Å². The second-order valence-corrected chi connectivity index (χ2v) is 3.84. The van der Waals surface area contributed by atoms with Gasteiger partial charge in [0.2, 0.25) is 0 Å². The number of hydrogen-bond acceptors (Lipinski definition) is 4. The predicted octanol–water partition coefficient (Wildman–Crippen LogP) is 2.04. The molecular weight excluding hydrogens is 238 g/mol. The molecule has 1 unspecified atom stereocenters. The van der Waals surface area contributed by atoms with E-state index in [1.54, 1.807) is 6.07 Å². The summed E-state index contributed by atoms with van der Waals surface area (Å²) in [5.41, 5.74) is 6.21. The summed E-state index contributed by atoms with van der Waals surface area (Å²) in [6, 6.07) is 1.69. The van der Waals surface area contributed by atoms with E-state index in [0.29, 0.717) is 13.2 Å². The van der Waals surface area contributed by atoms with Crippen molar-refractivity contribution in [2.45, 2.75) is 18.9 Å². The molecule has 0 spiro atoms. The minimum atomic E-state index is -0.317. The topological polar surface area (TPSA) is 71.1 Å². The van der Waals surface area contributed by atoms with Crippen LogP contribution in [0.1, 0.15) is 13.3 Å². The van der Waals surface area contributed by atoms with Gasteiger partial charge in [-0.1, -0.05) is 25.3 Å². The third-order valence-corrected chi connectivity index (χ3v) is 2.51. The van der Waals surface area contributed by atoms with Gasteiger partial charge in [-0.05, 0) is 19.1 Å². The average molecular weight is 261 g/mol. The number of rotatable bonds is 6. The molecule has 19 heavy (non-hydrogen) atoms. The molecule has 0 aliphatic heterocycles. The fourth-order valence-corrected chi connectivity index (χ4v) is 1.57. The van der Waals surface area contributed by atoms with Gasteiger partial charge in [0.1, 0.15) is 5.60 Å². The van der Waals surface area contributed by atoms with Gasteiger partial charge < -0.3 is 15.8 Å². The molecule has 0 aromatic rings. The number of nitriles is 1. The van der Waals surface area contributed by atoms with Crippen LogP contribution >= 0.6 is 0 Å². The van der Waals surface area contributed by atoms with Crippen molar-refractivity contribution in [2.24, 2.45) is 5.73 Å². The van der Waals surface area contributed by atoms with Gasteiger partial charge in [0.15, 0.2) is 0 Å². The summed E-state index contributed by atoms with van der Waals surface area (Å²) >= 11 is 0. The third kappa shape index (κ3) is 6.61. The summed E-state index contributed by atoms with van der Waals surface area (Å²) < 4.78 is 5.67. The van der Waals surface area contributed by atoms with Crippen molar-refractivity contribution in [3.63, 3.8) is 0 Å². The predicted molar refractivity (Wildman–Crippen MR) is 79.3 cm³/mol.